The standard InChI is InChI=1S/C11H24O4Si/c1-6-16(7-2,12-5)14-9-11(4)13-8-10(3)15-11/h10H,6-9H2,1-5H3. The van der Waals surface area contributed by atoms with Gasteiger partial charge in [-0.15, -0.1) is 0 Å². The van der Waals surface area contributed by atoms with E-state index in [2.05, 4.69) is 13.8 Å². The van der Waals surface area contributed by atoms with Gasteiger partial charge in [0.05, 0.1) is 19.3 Å². The molecule has 1 saturated heterocycles. The fraction of sp³-hybridized carbons (Fsp3) is 1.00. The molecule has 0 aromatic rings. The van der Waals surface area contributed by atoms with Crippen LogP contribution in [0.3, 0.4) is 0 Å². The van der Waals surface area contributed by atoms with Crippen LogP contribution in [0.15, 0.2) is 0 Å². The predicted octanol–water partition coefficient (Wildman–Crippen LogP) is 2.28. The van der Waals surface area contributed by atoms with Gasteiger partial charge in [-0.05, 0) is 25.9 Å². The Morgan fingerprint density at radius 2 is 2.00 bits per heavy atom. The summed E-state index contributed by atoms with van der Waals surface area (Å²) < 4.78 is 22.9. The molecule has 1 heterocycles. The lowest BCUT2D eigenvalue weighted by molar-refractivity contribution is -0.175. The first-order valence-electron chi connectivity index (χ1n) is 6.00. The van der Waals surface area contributed by atoms with E-state index >= 15 is 0 Å². The van der Waals surface area contributed by atoms with Crippen molar-refractivity contribution in [3.05, 3.63) is 0 Å². The molecule has 4 nitrogen and oxygen atoms in total. The third-order valence-corrected chi connectivity index (χ3v) is 6.69. The molecule has 0 saturated carbocycles. The molecule has 0 bridgehead atoms. The van der Waals surface area contributed by atoms with Crippen molar-refractivity contribution < 1.29 is 18.3 Å². The first kappa shape index (κ1) is 14.1. The van der Waals surface area contributed by atoms with Crippen LogP contribution in [0.2, 0.25) is 12.1 Å². The molecule has 0 spiro atoms. The Morgan fingerprint density at radius 1 is 1.38 bits per heavy atom. The zero-order valence-corrected chi connectivity index (χ0v) is 12.0. The summed E-state index contributed by atoms with van der Waals surface area (Å²) >= 11 is 0. The smallest absolute Gasteiger partial charge is 0.337 e. The second-order valence-electron chi connectivity index (χ2n) is 4.48. The quantitative estimate of drug-likeness (QED) is 0.676. The first-order valence-corrected chi connectivity index (χ1v) is 8.23. The minimum atomic E-state index is -2.01. The average molecular weight is 248 g/mol. The van der Waals surface area contributed by atoms with Gasteiger partial charge >= 0.3 is 8.56 Å². The Morgan fingerprint density at radius 3 is 2.38 bits per heavy atom. The van der Waals surface area contributed by atoms with Crippen molar-refractivity contribution in [2.24, 2.45) is 0 Å². The van der Waals surface area contributed by atoms with Gasteiger partial charge in [-0.2, -0.15) is 0 Å². The van der Waals surface area contributed by atoms with Gasteiger partial charge in [0.2, 0.25) is 0 Å². The second kappa shape index (κ2) is 5.60. The molecule has 0 aliphatic carbocycles. The Hall–Kier alpha value is 0.0569. The molecule has 0 N–H and O–H groups in total. The predicted molar refractivity (Wildman–Crippen MR) is 64.6 cm³/mol. The first-order chi connectivity index (χ1) is 7.49. The maximum atomic E-state index is 5.98. The van der Waals surface area contributed by atoms with Crippen molar-refractivity contribution in [1.29, 1.82) is 0 Å². The zero-order chi connectivity index (χ0) is 12.2. The van der Waals surface area contributed by atoms with Gasteiger partial charge < -0.3 is 18.3 Å². The lowest BCUT2D eigenvalue weighted by Gasteiger charge is -2.31. The van der Waals surface area contributed by atoms with Crippen LogP contribution in [-0.2, 0) is 18.3 Å². The van der Waals surface area contributed by atoms with Crippen molar-refractivity contribution in [3.63, 3.8) is 0 Å². The van der Waals surface area contributed by atoms with Crippen LogP contribution in [0.25, 0.3) is 0 Å². The molecule has 16 heavy (non-hydrogen) atoms. The highest BCUT2D eigenvalue weighted by Crippen LogP contribution is 2.26. The average Bonchev–Trinajstić information content (AvgIpc) is 2.62. The van der Waals surface area contributed by atoms with E-state index in [9.17, 15) is 0 Å². The molecule has 0 aromatic carbocycles. The Kier molecular flexibility index (Phi) is 4.94. The lowest BCUT2D eigenvalue weighted by Crippen LogP contribution is -2.45. The molecular formula is C11H24O4Si. The van der Waals surface area contributed by atoms with Gasteiger partial charge in [0.1, 0.15) is 0 Å². The van der Waals surface area contributed by atoms with Crippen LogP contribution in [0.5, 0.6) is 0 Å². The van der Waals surface area contributed by atoms with E-state index in [1.807, 2.05) is 13.8 Å². The minimum Gasteiger partial charge on any atom is -0.398 e. The van der Waals surface area contributed by atoms with E-state index in [-0.39, 0.29) is 6.10 Å². The number of hydrogen-bond acceptors (Lipinski definition) is 4. The molecule has 0 aromatic heterocycles. The zero-order valence-electron chi connectivity index (χ0n) is 11.0. The number of rotatable bonds is 6. The van der Waals surface area contributed by atoms with Crippen LogP contribution >= 0.6 is 0 Å². The SMILES string of the molecule is CC[Si](CC)(OC)OCC1(C)OCC(C)O1. The maximum absolute atomic E-state index is 5.98. The summed E-state index contributed by atoms with van der Waals surface area (Å²) in [4.78, 5) is 0. The third-order valence-electron chi connectivity index (χ3n) is 3.12. The van der Waals surface area contributed by atoms with Crippen molar-refractivity contribution >= 4 is 8.56 Å². The number of ether oxygens (including phenoxy) is 2. The van der Waals surface area contributed by atoms with Gasteiger partial charge in [-0.1, -0.05) is 13.8 Å². The Labute approximate surface area is 99.5 Å². The van der Waals surface area contributed by atoms with Crippen LogP contribution < -0.4 is 0 Å². The van der Waals surface area contributed by atoms with Gasteiger partial charge in [0.15, 0.2) is 5.79 Å². The molecule has 2 unspecified atom stereocenters. The van der Waals surface area contributed by atoms with Crippen LogP contribution in [0.1, 0.15) is 27.7 Å². The van der Waals surface area contributed by atoms with Crippen LogP contribution in [0.4, 0.5) is 0 Å². The van der Waals surface area contributed by atoms with Crippen molar-refractivity contribution in [2.45, 2.75) is 51.7 Å². The van der Waals surface area contributed by atoms with Crippen molar-refractivity contribution in [2.75, 3.05) is 20.3 Å². The van der Waals surface area contributed by atoms with Gasteiger partial charge in [-0.25, -0.2) is 0 Å². The van der Waals surface area contributed by atoms with E-state index in [1.54, 1.807) is 7.11 Å². The molecule has 1 fully saturated rings. The van der Waals surface area contributed by atoms with Gasteiger partial charge in [0, 0.05) is 7.11 Å². The van der Waals surface area contributed by atoms with Crippen molar-refractivity contribution in [1.82, 2.24) is 0 Å². The molecule has 1 aliphatic rings. The molecular weight excluding hydrogens is 224 g/mol. The molecule has 0 radical (unpaired) electrons. The Balaban J connectivity index is 2.49. The molecule has 1 aliphatic heterocycles. The number of hydrogen-bond donors (Lipinski definition) is 0. The van der Waals surface area contributed by atoms with Crippen LogP contribution in [0, 0.1) is 0 Å². The largest absolute Gasteiger partial charge is 0.398 e. The fourth-order valence-corrected chi connectivity index (χ4v) is 4.06. The molecule has 96 valence electrons. The van der Waals surface area contributed by atoms with Gasteiger partial charge in [0.25, 0.3) is 0 Å². The maximum Gasteiger partial charge on any atom is 0.337 e. The van der Waals surface area contributed by atoms with Crippen molar-refractivity contribution in [3.8, 4) is 0 Å². The van der Waals surface area contributed by atoms with E-state index in [1.165, 1.54) is 0 Å². The topological polar surface area (TPSA) is 36.9 Å². The summed E-state index contributed by atoms with van der Waals surface area (Å²) in [6.45, 7) is 9.25. The highest BCUT2D eigenvalue weighted by molar-refractivity contribution is 6.67. The summed E-state index contributed by atoms with van der Waals surface area (Å²) in [6, 6.07) is 1.90. The molecule has 0 amide bonds. The van der Waals surface area contributed by atoms with Gasteiger partial charge in [-0.3, -0.25) is 0 Å². The van der Waals surface area contributed by atoms with E-state index < -0.39 is 14.3 Å². The summed E-state index contributed by atoms with van der Waals surface area (Å²) in [5, 5.41) is 0. The fourth-order valence-electron chi connectivity index (χ4n) is 1.93. The molecule has 2 atom stereocenters. The normalized spacial score (nSPS) is 30.9. The van der Waals surface area contributed by atoms with E-state index in [0.29, 0.717) is 13.2 Å². The molecule has 5 heteroatoms. The van der Waals surface area contributed by atoms with E-state index in [0.717, 1.165) is 12.1 Å². The highest BCUT2D eigenvalue weighted by Gasteiger charge is 2.40. The molecule has 1 rings (SSSR count). The second-order valence-corrected chi connectivity index (χ2v) is 8.42. The van der Waals surface area contributed by atoms with Crippen LogP contribution in [-0.4, -0.2) is 40.8 Å². The lowest BCUT2D eigenvalue weighted by atomic mass is 10.3. The monoisotopic (exact) mass is 248 g/mol. The third kappa shape index (κ3) is 3.27. The summed E-state index contributed by atoms with van der Waals surface area (Å²) in [7, 11) is -0.277. The van der Waals surface area contributed by atoms with E-state index in [4.69, 9.17) is 18.3 Å². The summed E-state index contributed by atoms with van der Waals surface area (Å²) in [5.41, 5.74) is 0. The summed E-state index contributed by atoms with van der Waals surface area (Å²) in [5.74, 6) is -0.597. The Bertz CT molecular complexity index is 212. The minimum absolute atomic E-state index is 0.149. The highest BCUT2D eigenvalue weighted by atomic mass is 28.4. The summed E-state index contributed by atoms with van der Waals surface area (Å²) in [6.07, 6.45) is 0.149.